The summed E-state index contributed by atoms with van der Waals surface area (Å²) in [5, 5.41) is 2.85. The Morgan fingerprint density at radius 1 is 1.08 bits per heavy atom. The Kier molecular flexibility index (Phi) is 6.78. The molecule has 1 atom stereocenters. The second-order valence-corrected chi connectivity index (χ2v) is 6.50. The summed E-state index contributed by atoms with van der Waals surface area (Å²) in [6.45, 7) is 3.67. The van der Waals surface area contributed by atoms with E-state index in [1.807, 2.05) is 55.5 Å². The minimum absolute atomic E-state index is 0.101. The average molecular weight is 354 g/mol. The van der Waals surface area contributed by atoms with Crippen LogP contribution in [0, 0.1) is 6.92 Å². The third kappa shape index (κ3) is 5.62. The van der Waals surface area contributed by atoms with Crippen molar-refractivity contribution in [2.45, 2.75) is 32.8 Å². The Balaban J connectivity index is 1.88. The predicted octanol–water partition coefficient (Wildman–Crippen LogP) is 3.42. The molecule has 2 aromatic carbocycles. The SMILES string of the molecule is Cc1ccccc1OC(C)C(=O)Nc1ccc(CCC(=O)N(C)C)cc1. The van der Waals surface area contributed by atoms with E-state index >= 15 is 0 Å². The van der Waals surface area contributed by atoms with Crippen LogP contribution in [0.15, 0.2) is 48.5 Å². The van der Waals surface area contributed by atoms with Gasteiger partial charge in [0.2, 0.25) is 5.91 Å². The Bertz CT molecular complexity index is 754. The molecule has 5 heteroatoms. The minimum Gasteiger partial charge on any atom is -0.481 e. The molecule has 138 valence electrons. The van der Waals surface area contributed by atoms with E-state index in [1.54, 1.807) is 25.9 Å². The van der Waals surface area contributed by atoms with Crippen molar-refractivity contribution in [2.75, 3.05) is 19.4 Å². The van der Waals surface area contributed by atoms with Gasteiger partial charge in [-0.3, -0.25) is 9.59 Å². The van der Waals surface area contributed by atoms with Gasteiger partial charge in [-0.2, -0.15) is 0 Å². The molecule has 0 heterocycles. The fraction of sp³-hybridized carbons (Fsp3) is 0.333. The van der Waals surface area contributed by atoms with Crippen molar-refractivity contribution in [1.82, 2.24) is 4.90 Å². The van der Waals surface area contributed by atoms with Crippen LogP contribution in [0.3, 0.4) is 0 Å². The van der Waals surface area contributed by atoms with E-state index in [4.69, 9.17) is 4.74 Å². The molecule has 1 N–H and O–H groups in total. The van der Waals surface area contributed by atoms with E-state index in [0.29, 0.717) is 24.3 Å². The number of amides is 2. The molecule has 2 rings (SSSR count). The van der Waals surface area contributed by atoms with Gasteiger partial charge in [-0.1, -0.05) is 30.3 Å². The van der Waals surface area contributed by atoms with E-state index in [-0.39, 0.29) is 11.8 Å². The number of aryl methyl sites for hydroxylation is 2. The fourth-order valence-electron chi connectivity index (χ4n) is 2.41. The molecule has 0 aliphatic heterocycles. The molecule has 0 saturated heterocycles. The number of anilines is 1. The largest absolute Gasteiger partial charge is 0.481 e. The zero-order valence-corrected chi connectivity index (χ0v) is 15.8. The first-order valence-electron chi connectivity index (χ1n) is 8.69. The maximum atomic E-state index is 12.3. The van der Waals surface area contributed by atoms with Crippen molar-refractivity contribution in [3.05, 3.63) is 59.7 Å². The highest BCUT2D eigenvalue weighted by atomic mass is 16.5. The summed E-state index contributed by atoms with van der Waals surface area (Å²) >= 11 is 0. The Morgan fingerprint density at radius 2 is 1.73 bits per heavy atom. The highest BCUT2D eigenvalue weighted by Gasteiger charge is 2.15. The molecule has 1 unspecified atom stereocenters. The van der Waals surface area contributed by atoms with E-state index in [2.05, 4.69) is 5.32 Å². The number of para-hydroxylation sites is 1. The number of hydrogen-bond acceptors (Lipinski definition) is 3. The maximum absolute atomic E-state index is 12.3. The number of benzene rings is 2. The van der Waals surface area contributed by atoms with Gasteiger partial charge in [-0.25, -0.2) is 0 Å². The molecule has 0 bridgehead atoms. The number of hydrogen-bond donors (Lipinski definition) is 1. The van der Waals surface area contributed by atoms with Gasteiger partial charge in [-0.15, -0.1) is 0 Å². The zero-order valence-electron chi connectivity index (χ0n) is 15.8. The molecule has 5 nitrogen and oxygen atoms in total. The summed E-state index contributed by atoms with van der Waals surface area (Å²) in [6.07, 6.45) is 0.548. The van der Waals surface area contributed by atoms with Crippen LogP contribution in [0.5, 0.6) is 5.75 Å². The van der Waals surface area contributed by atoms with Gasteiger partial charge in [0.1, 0.15) is 5.75 Å². The van der Waals surface area contributed by atoms with Gasteiger partial charge in [-0.05, 0) is 49.6 Å². The summed E-state index contributed by atoms with van der Waals surface area (Å²) in [6, 6.07) is 15.1. The highest BCUT2D eigenvalue weighted by molar-refractivity contribution is 5.94. The highest BCUT2D eigenvalue weighted by Crippen LogP contribution is 2.18. The third-order valence-corrected chi connectivity index (χ3v) is 4.11. The van der Waals surface area contributed by atoms with Gasteiger partial charge in [0.05, 0.1) is 0 Å². The number of nitrogens with zero attached hydrogens (tertiary/aromatic N) is 1. The Hall–Kier alpha value is -2.82. The fourth-order valence-corrected chi connectivity index (χ4v) is 2.41. The first-order valence-corrected chi connectivity index (χ1v) is 8.69. The van der Waals surface area contributed by atoms with Crippen molar-refractivity contribution in [2.24, 2.45) is 0 Å². The summed E-state index contributed by atoms with van der Waals surface area (Å²) in [5.74, 6) is 0.601. The molecular weight excluding hydrogens is 328 g/mol. The van der Waals surface area contributed by atoms with Crippen molar-refractivity contribution < 1.29 is 14.3 Å². The molecule has 2 amide bonds. The molecule has 0 aliphatic rings. The predicted molar refractivity (Wildman–Crippen MR) is 103 cm³/mol. The summed E-state index contributed by atoms with van der Waals surface area (Å²) in [7, 11) is 3.50. The van der Waals surface area contributed by atoms with Crippen LogP contribution in [0.1, 0.15) is 24.5 Å². The van der Waals surface area contributed by atoms with Gasteiger partial charge in [0.25, 0.3) is 5.91 Å². The number of rotatable bonds is 7. The lowest BCUT2D eigenvalue weighted by Crippen LogP contribution is -2.30. The topological polar surface area (TPSA) is 58.6 Å². The van der Waals surface area contributed by atoms with Crippen LogP contribution in [0.4, 0.5) is 5.69 Å². The van der Waals surface area contributed by atoms with Gasteiger partial charge >= 0.3 is 0 Å². The van der Waals surface area contributed by atoms with Gasteiger partial charge in [0, 0.05) is 26.2 Å². The number of carbonyl (C=O) groups is 2. The lowest BCUT2D eigenvalue weighted by Gasteiger charge is -2.16. The first-order chi connectivity index (χ1) is 12.4. The normalized spacial score (nSPS) is 11.5. The van der Waals surface area contributed by atoms with Crippen molar-refractivity contribution in [3.8, 4) is 5.75 Å². The molecule has 0 spiro atoms. The molecular formula is C21H26N2O3. The number of ether oxygens (including phenoxy) is 1. The third-order valence-electron chi connectivity index (χ3n) is 4.11. The smallest absolute Gasteiger partial charge is 0.265 e. The van der Waals surface area contributed by atoms with Crippen LogP contribution >= 0.6 is 0 Å². The summed E-state index contributed by atoms with van der Waals surface area (Å²) in [5.41, 5.74) is 2.75. The van der Waals surface area contributed by atoms with Gasteiger partial charge < -0.3 is 15.0 Å². The standard InChI is InChI=1S/C21H26N2O3/c1-15-7-5-6-8-19(15)26-16(2)21(25)22-18-12-9-17(10-13-18)11-14-20(24)23(3)4/h5-10,12-13,16H,11,14H2,1-4H3,(H,22,25). The molecule has 2 aromatic rings. The Morgan fingerprint density at radius 3 is 2.35 bits per heavy atom. The molecule has 26 heavy (non-hydrogen) atoms. The minimum atomic E-state index is -0.603. The summed E-state index contributed by atoms with van der Waals surface area (Å²) in [4.78, 5) is 25.5. The van der Waals surface area contributed by atoms with Crippen LogP contribution in [0.2, 0.25) is 0 Å². The van der Waals surface area contributed by atoms with Crippen LogP contribution in [-0.4, -0.2) is 36.9 Å². The van der Waals surface area contributed by atoms with E-state index in [9.17, 15) is 9.59 Å². The Labute approximate surface area is 155 Å². The van der Waals surface area contributed by atoms with E-state index in [1.165, 1.54) is 0 Å². The van der Waals surface area contributed by atoms with Crippen molar-refractivity contribution >= 4 is 17.5 Å². The van der Waals surface area contributed by atoms with Crippen molar-refractivity contribution in [1.29, 1.82) is 0 Å². The lowest BCUT2D eigenvalue weighted by molar-refractivity contribution is -0.128. The molecule has 0 aromatic heterocycles. The van der Waals surface area contributed by atoms with Crippen LogP contribution in [-0.2, 0) is 16.0 Å². The molecule has 0 fully saturated rings. The van der Waals surface area contributed by atoms with Crippen LogP contribution < -0.4 is 10.1 Å². The molecule has 0 saturated carbocycles. The van der Waals surface area contributed by atoms with Crippen LogP contribution in [0.25, 0.3) is 0 Å². The van der Waals surface area contributed by atoms with Gasteiger partial charge in [0.15, 0.2) is 6.10 Å². The number of nitrogens with one attached hydrogen (secondary N) is 1. The quantitative estimate of drug-likeness (QED) is 0.829. The molecule has 0 aliphatic carbocycles. The lowest BCUT2D eigenvalue weighted by atomic mass is 10.1. The van der Waals surface area contributed by atoms with E-state index in [0.717, 1.165) is 11.1 Å². The zero-order chi connectivity index (χ0) is 19.1. The second kappa shape index (κ2) is 9.04. The maximum Gasteiger partial charge on any atom is 0.265 e. The number of carbonyl (C=O) groups excluding carboxylic acids is 2. The summed E-state index contributed by atoms with van der Waals surface area (Å²) < 4.78 is 5.74. The second-order valence-electron chi connectivity index (χ2n) is 6.50. The van der Waals surface area contributed by atoms with E-state index < -0.39 is 6.10 Å². The molecule has 0 radical (unpaired) electrons. The first kappa shape index (κ1) is 19.5. The van der Waals surface area contributed by atoms with Crippen molar-refractivity contribution in [3.63, 3.8) is 0 Å². The average Bonchev–Trinajstić information content (AvgIpc) is 2.62. The monoisotopic (exact) mass is 354 g/mol.